The molecular weight excluding hydrogens is 302 g/mol. The molecule has 5 nitrogen and oxygen atoms in total. The van der Waals surface area contributed by atoms with Gasteiger partial charge in [0.15, 0.2) is 0 Å². The molecule has 0 saturated carbocycles. The van der Waals surface area contributed by atoms with Crippen molar-refractivity contribution >= 4 is 17.5 Å². The van der Waals surface area contributed by atoms with Crippen LogP contribution in [0.2, 0.25) is 5.02 Å². The number of amides is 1. The third kappa shape index (κ3) is 5.00. The van der Waals surface area contributed by atoms with Crippen LogP contribution in [0.3, 0.4) is 0 Å². The molecule has 1 N–H and O–H groups in total. The Balaban J connectivity index is 1.86. The Kier molecular flexibility index (Phi) is 5.72. The van der Waals surface area contributed by atoms with Crippen LogP contribution in [0.25, 0.3) is 11.5 Å². The molecule has 2 rings (SSSR count). The van der Waals surface area contributed by atoms with Crippen LogP contribution in [-0.2, 0) is 11.2 Å². The number of nitrogens with zero attached hydrogens (tertiary/aromatic N) is 2. The van der Waals surface area contributed by atoms with Crippen LogP contribution >= 0.6 is 11.6 Å². The lowest BCUT2D eigenvalue weighted by Crippen LogP contribution is -2.23. The summed E-state index contributed by atoms with van der Waals surface area (Å²) < 4.78 is 5.55. The number of hydrogen-bond acceptors (Lipinski definition) is 4. The minimum Gasteiger partial charge on any atom is -0.421 e. The van der Waals surface area contributed by atoms with Crippen LogP contribution in [0.1, 0.15) is 26.2 Å². The molecule has 0 aliphatic heterocycles. The molecule has 0 radical (unpaired) electrons. The van der Waals surface area contributed by atoms with E-state index in [4.69, 9.17) is 16.0 Å². The summed E-state index contributed by atoms with van der Waals surface area (Å²) in [5.41, 5.74) is 1.97. The van der Waals surface area contributed by atoms with E-state index in [1.807, 2.05) is 32.1 Å². The van der Waals surface area contributed by atoms with Gasteiger partial charge in [0.1, 0.15) is 0 Å². The Morgan fingerprint density at radius 1 is 1.27 bits per heavy atom. The molecule has 2 aromatic rings. The average Bonchev–Trinajstić information content (AvgIpc) is 2.94. The van der Waals surface area contributed by atoms with E-state index >= 15 is 0 Å². The molecule has 6 heteroatoms. The maximum atomic E-state index is 11.7. The Morgan fingerprint density at radius 2 is 2.00 bits per heavy atom. The molecule has 22 heavy (non-hydrogen) atoms. The Hall–Kier alpha value is -2.14. The number of halogens is 1. The molecule has 116 valence electrons. The number of rotatable bonds is 6. The van der Waals surface area contributed by atoms with Gasteiger partial charge in [0.25, 0.3) is 0 Å². The summed E-state index contributed by atoms with van der Waals surface area (Å²) in [6.07, 6.45) is 2.70. The minimum atomic E-state index is -0.0382. The highest BCUT2D eigenvalue weighted by molar-refractivity contribution is 6.30. The van der Waals surface area contributed by atoms with E-state index < -0.39 is 0 Å². The van der Waals surface area contributed by atoms with E-state index in [1.165, 1.54) is 5.57 Å². The molecule has 1 amide bonds. The zero-order valence-electron chi connectivity index (χ0n) is 12.6. The van der Waals surface area contributed by atoms with Crippen LogP contribution in [-0.4, -0.2) is 22.6 Å². The van der Waals surface area contributed by atoms with Crippen LogP contribution in [0.4, 0.5) is 0 Å². The van der Waals surface area contributed by atoms with Crippen molar-refractivity contribution in [2.45, 2.75) is 26.7 Å². The SMILES string of the molecule is CC(C)=CCNC(=O)CCc1nnc(-c2ccc(Cl)cc2)o1. The summed E-state index contributed by atoms with van der Waals surface area (Å²) in [5, 5.41) is 11.4. The Labute approximate surface area is 134 Å². The second-order valence-electron chi connectivity index (χ2n) is 5.09. The molecular formula is C16H18ClN3O2. The fraction of sp³-hybridized carbons (Fsp3) is 0.312. The van der Waals surface area contributed by atoms with E-state index in [0.29, 0.717) is 36.2 Å². The molecule has 1 aromatic heterocycles. The van der Waals surface area contributed by atoms with Crippen molar-refractivity contribution in [3.05, 3.63) is 46.8 Å². The van der Waals surface area contributed by atoms with Crippen molar-refractivity contribution in [3.63, 3.8) is 0 Å². The molecule has 0 atom stereocenters. The first-order chi connectivity index (χ1) is 10.5. The van der Waals surface area contributed by atoms with Gasteiger partial charge in [-0.25, -0.2) is 0 Å². The normalized spacial score (nSPS) is 10.3. The van der Waals surface area contributed by atoms with Gasteiger partial charge < -0.3 is 9.73 Å². The highest BCUT2D eigenvalue weighted by Gasteiger charge is 2.10. The summed E-state index contributed by atoms with van der Waals surface area (Å²) >= 11 is 5.83. The predicted molar refractivity (Wildman–Crippen MR) is 85.5 cm³/mol. The fourth-order valence-corrected chi connectivity index (χ4v) is 1.87. The highest BCUT2D eigenvalue weighted by atomic mass is 35.5. The van der Waals surface area contributed by atoms with Gasteiger partial charge in [-0.3, -0.25) is 4.79 Å². The number of carbonyl (C=O) groups is 1. The van der Waals surface area contributed by atoms with Crippen molar-refractivity contribution in [2.75, 3.05) is 6.54 Å². The van der Waals surface area contributed by atoms with E-state index in [9.17, 15) is 4.79 Å². The van der Waals surface area contributed by atoms with Crippen molar-refractivity contribution in [2.24, 2.45) is 0 Å². The van der Waals surface area contributed by atoms with Gasteiger partial charge in [0.2, 0.25) is 17.7 Å². The maximum Gasteiger partial charge on any atom is 0.247 e. The highest BCUT2D eigenvalue weighted by Crippen LogP contribution is 2.20. The van der Waals surface area contributed by atoms with E-state index in [0.717, 1.165) is 5.56 Å². The summed E-state index contributed by atoms with van der Waals surface area (Å²) in [7, 11) is 0. The first-order valence-electron chi connectivity index (χ1n) is 7.03. The number of aryl methyl sites for hydroxylation is 1. The van der Waals surface area contributed by atoms with Gasteiger partial charge in [0, 0.05) is 30.0 Å². The first kappa shape index (κ1) is 16.2. The monoisotopic (exact) mass is 319 g/mol. The summed E-state index contributed by atoms with van der Waals surface area (Å²) in [4.78, 5) is 11.7. The third-order valence-corrected chi connectivity index (χ3v) is 3.19. The first-order valence-corrected chi connectivity index (χ1v) is 7.41. The van der Waals surface area contributed by atoms with Crippen LogP contribution < -0.4 is 5.32 Å². The lowest BCUT2D eigenvalue weighted by molar-refractivity contribution is -0.120. The molecule has 0 aliphatic carbocycles. The second-order valence-corrected chi connectivity index (χ2v) is 5.53. The van der Waals surface area contributed by atoms with Gasteiger partial charge in [-0.1, -0.05) is 23.3 Å². The third-order valence-electron chi connectivity index (χ3n) is 2.93. The molecule has 0 saturated heterocycles. The number of carbonyl (C=O) groups excluding carboxylic acids is 1. The molecule has 0 aliphatic rings. The Morgan fingerprint density at radius 3 is 2.68 bits per heavy atom. The summed E-state index contributed by atoms with van der Waals surface area (Å²) in [5.74, 6) is 0.836. The topological polar surface area (TPSA) is 68.0 Å². The number of nitrogens with one attached hydrogen (secondary N) is 1. The average molecular weight is 320 g/mol. The van der Waals surface area contributed by atoms with Crippen molar-refractivity contribution < 1.29 is 9.21 Å². The zero-order valence-corrected chi connectivity index (χ0v) is 13.4. The number of hydrogen-bond donors (Lipinski definition) is 1. The smallest absolute Gasteiger partial charge is 0.247 e. The van der Waals surface area contributed by atoms with Crippen molar-refractivity contribution in [3.8, 4) is 11.5 Å². The quantitative estimate of drug-likeness (QED) is 0.828. The van der Waals surface area contributed by atoms with E-state index in [2.05, 4.69) is 15.5 Å². The zero-order chi connectivity index (χ0) is 15.9. The van der Waals surface area contributed by atoms with E-state index in [-0.39, 0.29) is 5.91 Å². The number of allylic oxidation sites excluding steroid dienone is 1. The molecule has 0 unspecified atom stereocenters. The van der Waals surface area contributed by atoms with Gasteiger partial charge in [-0.05, 0) is 38.1 Å². The fourth-order valence-electron chi connectivity index (χ4n) is 1.74. The lowest BCUT2D eigenvalue weighted by Gasteiger charge is -2.00. The summed E-state index contributed by atoms with van der Waals surface area (Å²) in [6.45, 7) is 4.52. The maximum absolute atomic E-state index is 11.7. The second kappa shape index (κ2) is 7.75. The number of aromatic nitrogens is 2. The molecule has 0 bridgehead atoms. The Bertz CT molecular complexity index is 658. The van der Waals surface area contributed by atoms with Gasteiger partial charge >= 0.3 is 0 Å². The van der Waals surface area contributed by atoms with E-state index in [1.54, 1.807) is 12.1 Å². The largest absolute Gasteiger partial charge is 0.421 e. The summed E-state index contributed by atoms with van der Waals surface area (Å²) in [6, 6.07) is 7.15. The molecule has 0 fully saturated rings. The number of benzene rings is 1. The molecule has 1 aromatic carbocycles. The van der Waals surface area contributed by atoms with Gasteiger partial charge in [0.05, 0.1) is 0 Å². The van der Waals surface area contributed by atoms with Gasteiger partial charge in [-0.2, -0.15) is 0 Å². The van der Waals surface area contributed by atoms with Crippen LogP contribution in [0, 0.1) is 0 Å². The standard InChI is InChI=1S/C16H18ClN3O2/c1-11(2)9-10-18-14(21)7-8-15-19-20-16(22-15)12-3-5-13(17)6-4-12/h3-6,9H,7-8,10H2,1-2H3,(H,18,21). The van der Waals surface area contributed by atoms with Crippen molar-refractivity contribution in [1.82, 2.24) is 15.5 Å². The predicted octanol–water partition coefficient (Wildman–Crippen LogP) is 3.41. The lowest BCUT2D eigenvalue weighted by atomic mass is 10.2. The van der Waals surface area contributed by atoms with Crippen molar-refractivity contribution in [1.29, 1.82) is 0 Å². The molecule has 0 spiro atoms. The minimum absolute atomic E-state index is 0.0382. The van der Waals surface area contributed by atoms with Gasteiger partial charge in [-0.15, -0.1) is 10.2 Å². The van der Waals surface area contributed by atoms with Crippen LogP contribution in [0.15, 0.2) is 40.3 Å². The van der Waals surface area contributed by atoms with Crippen LogP contribution in [0.5, 0.6) is 0 Å². The molecule has 1 heterocycles.